The van der Waals surface area contributed by atoms with E-state index in [4.69, 9.17) is 128 Å². The number of ether oxygens (including phenoxy) is 27. The molecule has 44 aliphatic heterocycles. The van der Waals surface area contributed by atoms with Crippen LogP contribution in [0.4, 0.5) is 0 Å². The minimum absolute atomic E-state index is 1.10. The van der Waals surface area contributed by atoms with Gasteiger partial charge in [-0.2, -0.15) is 0 Å². The van der Waals surface area contributed by atoms with E-state index in [1.54, 1.807) is 0 Å². The SMILES string of the molecule is O=C(CO[C@@H]1[C@@H](O)[C@H]2O[C@H]3[C@H](O)[C@@H](O)[C@@H](O[C@H]4[C@H](O)[C@@H](O)[C@@H](O[C@H]5[C@H](O)[C@@H](O)[C@@H](O[C@H]6[C@H](O)[C@@H](O)[C@@H](O[C@H]7[C@H](O)[C@@H](O)[C@@H](O[C@H]1[C@@H](CO)O2)O[C@@H]7CO)O[C@@H]6CO)O[C@@H]5CO)O[C@@H]4CO)O[C@@H]3CO)OCO[C@@H]1[C@@H](O)[C@H]2O[C@H]3[C@H](O)[C@@H](O)[C@@H](O[C@H]4[C@H](O)[C@@H](O)[C@@H](O[C@H]5[C@H](O)[C@@H](O)[C@@H](O[C@H]6[C@H](O)[C@@H](O)[C@@H](O[C@H]7[C@H](O)[C@@H](O)[C@@H](O[C@H]1[C@@H](CO)O2)O[C@@H]7CO)O[C@@H]6CO)O[C@@H]5CO)O[C@@H]4CO)O[C@@H]3CO. The number of carbonyl (C=O) groups is 1. The molecule has 44 aliphatic rings. The van der Waals surface area contributed by atoms with Crippen LogP contribution in [0, 0.1) is 0 Å². The van der Waals surface area contributed by atoms with Crippen LogP contribution in [0.1, 0.15) is 0 Å². The number of aliphatic hydroxyl groups excluding tert-OH is 34. The fourth-order valence-corrected chi connectivity index (χ4v) is 18.6. The second-order valence-corrected chi connectivity index (χ2v) is 34.7. The summed E-state index contributed by atoms with van der Waals surface area (Å²) < 4.78 is 157. The molecule has 137 heavy (non-hydrogen) atoms. The van der Waals surface area contributed by atoms with Crippen LogP contribution >= 0.6 is 0 Å². The second kappa shape index (κ2) is 47.5. The highest BCUT2D eigenvalue weighted by Crippen LogP contribution is 2.44. The monoisotopic (exact) mass is 2010 g/mol. The summed E-state index contributed by atoms with van der Waals surface area (Å²) in [6, 6.07) is 0. The molecule has 0 amide bonds. The molecule has 44 rings (SSSR count). The van der Waals surface area contributed by atoms with Gasteiger partial charge in [0.05, 0.1) is 79.3 Å². The number of rotatable bonds is 18. The summed E-state index contributed by atoms with van der Waals surface area (Å²) in [5, 5.41) is 387. The Kier molecular flexibility index (Phi) is 38.0. The third-order valence-electron chi connectivity index (χ3n) is 26.2. The van der Waals surface area contributed by atoms with Crippen LogP contribution in [0.5, 0.6) is 0 Å². The Balaban J connectivity index is 0.736. The van der Waals surface area contributed by atoms with Gasteiger partial charge in [0.1, 0.15) is 300 Å². The van der Waals surface area contributed by atoms with Crippen molar-refractivity contribution in [3.63, 3.8) is 0 Å². The standard InChI is InChI=1S/C75H122O62/c76-1-15-50-28(89)38(99)64(114-15)128-52-17(3-78)118-68(42(103)32(52)93)132-56-21(7-82)122-72(46(107)36(56)97)136-60-25(11-86)124-74(134-58-23(9-84)120-70(44(105)34(58)95)130-54-19(5-80)116-66(126-50)40(101)30(54)91)48(109)62(60)111-13-27(88)112-14-113-63-49(110)75-125-26(12-87)61(63)137-73-47(108)37(98)57(22(8-83)123-73)133-69-43(104)33(94)53(18(4-79)119-69)129-65-39(100)29(90)51(16(2-77)115-65)127-67-41(102)31(92)55(20(6-81)117-67)131-71-45(106)35(96)59(135-75)24(10-85)121-71/h15-26,28-87,89-110H,1-14H2/t15-,16-,17-,18-,19-,20-,21-,22-,23-,24-,25-,26-,28-,29-,30-,31-,32-,33-,34-,35-,36-,37-,38-,39-,40-,41-,42-,43-,44-,45-,46-,47-,48-,49-,50-,51-,52-,53-,54-,55-,56-,57-,58-,59-,60+,61+,62-,63-,64-,65-,66-,67-,68-,69-,70-,71-,72-,73-,74-,75-/m1/s1. The average Bonchev–Trinajstić information content (AvgIpc) is 0.766. The van der Waals surface area contributed by atoms with Crippen LogP contribution in [-0.2, 0) is 133 Å². The Morgan fingerprint density at radius 3 is 0.431 bits per heavy atom. The minimum atomic E-state index is -2.54. The average molecular weight is 2020 g/mol. The lowest BCUT2D eigenvalue weighted by Crippen LogP contribution is -2.69. The molecule has 0 aromatic rings. The Labute approximate surface area is 771 Å². The van der Waals surface area contributed by atoms with E-state index in [1.165, 1.54) is 0 Å². The van der Waals surface area contributed by atoms with Gasteiger partial charge in [-0.3, -0.25) is 0 Å². The number of carbonyl (C=O) groups excluding carboxylic acids is 1. The summed E-state index contributed by atoms with van der Waals surface area (Å²) in [4.78, 5) is 14.4. The Morgan fingerprint density at radius 1 is 0.161 bits per heavy atom. The zero-order valence-electron chi connectivity index (χ0n) is 71.7. The summed E-state index contributed by atoms with van der Waals surface area (Å²) in [6.45, 7) is -17.3. The molecular weight excluding hydrogens is 1890 g/mol. The zero-order chi connectivity index (χ0) is 99.2. The summed E-state index contributed by atoms with van der Waals surface area (Å²) in [5.74, 6) is -1.62. The highest BCUT2D eigenvalue weighted by molar-refractivity contribution is 5.70. The molecule has 0 aromatic heterocycles. The van der Waals surface area contributed by atoms with Crippen molar-refractivity contribution in [3.8, 4) is 0 Å². The lowest BCUT2D eigenvalue weighted by molar-refractivity contribution is -0.405. The summed E-state index contributed by atoms with van der Waals surface area (Å²) in [6.07, 6.45) is -131. The Morgan fingerprint density at radius 2 is 0.285 bits per heavy atom. The van der Waals surface area contributed by atoms with Crippen molar-refractivity contribution < 1.29 is 306 Å². The van der Waals surface area contributed by atoms with Crippen LogP contribution in [0.15, 0.2) is 0 Å². The van der Waals surface area contributed by atoms with E-state index in [2.05, 4.69) is 0 Å². The number of esters is 1. The molecule has 44 heterocycles. The summed E-state index contributed by atoms with van der Waals surface area (Å²) in [5.41, 5.74) is 0. The second-order valence-electron chi connectivity index (χ2n) is 34.7. The molecule has 24 bridgehead atoms. The van der Waals surface area contributed by atoms with Gasteiger partial charge in [0, 0.05) is 0 Å². The molecule has 44 fully saturated rings. The number of aliphatic hydroxyl groups is 34. The predicted molar refractivity (Wildman–Crippen MR) is 405 cm³/mol. The molecule has 0 radical (unpaired) electrons. The van der Waals surface area contributed by atoms with Gasteiger partial charge in [-0.05, 0) is 0 Å². The van der Waals surface area contributed by atoms with E-state index < -0.39 is 467 Å². The molecule has 34 N–H and O–H groups in total. The summed E-state index contributed by atoms with van der Waals surface area (Å²) in [7, 11) is 0. The van der Waals surface area contributed by atoms with Gasteiger partial charge in [-0.1, -0.05) is 0 Å². The molecule has 0 saturated carbocycles. The highest BCUT2D eigenvalue weighted by atomic mass is 16.8. The Hall–Kier alpha value is -2.93. The first-order chi connectivity index (χ1) is 65.4. The van der Waals surface area contributed by atoms with E-state index in [9.17, 15) is 178 Å². The van der Waals surface area contributed by atoms with E-state index in [0.717, 1.165) is 0 Å². The fraction of sp³-hybridized carbons (Fsp3) is 0.987. The fourth-order valence-electron chi connectivity index (χ4n) is 18.6. The molecule has 62 nitrogen and oxygen atoms in total. The molecule has 62 heteroatoms. The Bertz CT molecular complexity index is 3660. The first-order valence-corrected chi connectivity index (χ1v) is 43.8. The zero-order valence-corrected chi connectivity index (χ0v) is 71.7. The van der Waals surface area contributed by atoms with Crippen molar-refractivity contribution in [2.75, 3.05) is 92.7 Å². The van der Waals surface area contributed by atoms with Crippen LogP contribution < -0.4 is 0 Å². The lowest BCUT2D eigenvalue weighted by Gasteiger charge is -2.51. The molecular formula is C75H122O62. The smallest absolute Gasteiger partial charge is 0.334 e. The van der Waals surface area contributed by atoms with Crippen LogP contribution in [0.3, 0.4) is 0 Å². The third-order valence-corrected chi connectivity index (χ3v) is 26.2. The summed E-state index contributed by atoms with van der Waals surface area (Å²) >= 11 is 0. The first kappa shape index (κ1) is 110. The van der Waals surface area contributed by atoms with Crippen molar-refractivity contribution in [1.82, 2.24) is 0 Å². The molecule has 44 saturated heterocycles. The maximum absolute atomic E-state index is 14.4. The molecule has 0 aromatic carbocycles. The van der Waals surface area contributed by atoms with Crippen molar-refractivity contribution in [3.05, 3.63) is 0 Å². The normalized spacial score (nSPS) is 53.9. The molecule has 0 spiro atoms. The van der Waals surface area contributed by atoms with E-state index in [-0.39, 0.29) is 0 Å². The molecule has 60 atom stereocenters. The lowest BCUT2D eigenvalue weighted by atomic mass is 9.94. The third kappa shape index (κ3) is 22.3. The maximum atomic E-state index is 14.4. The topological polar surface area (TPSA) is 954 Å². The maximum Gasteiger partial charge on any atom is 0.334 e. The molecule has 794 valence electrons. The van der Waals surface area contributed by atoms with Gasteiger partial charge < -0.3 is 302 Å². The number of hydrogen-bond donors (Lipinski definition) is 34. The van der Waals surface area contributed by atoms with Gasteiger partial charge >= 0.3 is 5.97 Å². The van der Waals surface area contributed by atoms with Crippen LogP contribution in [0.2, 0.25) is 0 Å². The van der Waals surface area contributed by atoms with E-state index in [1.807, 2.05) is 0 Å². The van der Waals surface area contributed by atoms with Gasteiger partial charge in [0.15, 0.2) is 82.3 Å². The minimum Gasteiger partial charge on any atom is -0.437 e. The van der Waals surface area contributed by atoms with E-state index >= 15 is 0 Å². The van der Waals surface area contributed by atoms with Gasteiger partial charge in [0.2, 0.25) is 0 Å². The molecule has 0 aliphatic carbocycles. The largest absolute Gasteiger partial charge is 0.437 e. The van der Waals surface area contributed by atoms with Gasteiger partial charge in [-0.15, -0.1) is 0 Å². The van der Waals surface area contributed by atoms with Crippen molar-refractivity contribution in [2.45, 2.75) is 368 Å². The predicted octanol–water partition coefficient (Wildman–Crippen LogP) is -25.5. The van der Waals surface area contributed by atoms with Crippen molar-refractivity contribution in [2.24, 2.45) is 0 Å². The first-order valence-electron chi connectivity index (χ1n) is 43.8. The molecule has 0 unspecified atom stereocenters. The number of hydrogen-bond acceptors (Lipinski definition) is 62. The van der Waals surface area contributed by atoms with Gasteiger partial charge in [0.25, 0.3) is 0 Å². The highest BCUT2D eigenvalue weighted by Gasteiger charge is 2.64. The van der Waals surface area contributed by atoms with Crippen LogP contribution in [-0.4, -0.2) is 641 Å². The van der Waals surface area contributed by atoms with Crippen molar-refractivity contribution in [1.29, 1.82) is 0 Å². The van der Waals surface area contributed by atoms with Gasteiger partial charge in [-0.25, -0.2) is 4.79 Å². The van der Waals surface area contributed by atoms with Crippen molar-refractivity contribution >= 4 is 5.97 Å². The quantitative estimate of drug-likeness (QED) is 0.0448. The van der Waals surface area contributed by atoms with Crippen LogP contribution in [0.25, 0.3) is 0 Å². The van der Waals surface area contributed by atoms with E-state index in [0.29, 0.717) is 0 Å².